The maximum Gasteiger partial charge on any atom is 0.148 e. The van der Waals surface area contributed by atoms with E-state index in [2.05, 4.69) is 20.7 Å². The van der Waals surface area contributed by atoms with Gasteiger partial charge in [0.1, 0.15) is 17.5 Å². The number of rotatable bonds is 4. The number of aliphatic hydroxyl groups is 1. The van der Waals surface area contributed by atoms with Gasteiger partial charge in [0.05, 0.1) is 6.10 Å². The minimum absolute atomic E-state index is 0.133. The van der Waals surface area contributed by atoms with Gasteiger partial charge in [-0.25, -0.2) is 15.8 Å². The normalized spacial score (nSPS) is 23.1. The van der Waals surface area contributed by atoms with Gasteiger partial charge in [0.2, 0.25) is 0 Å². The van der Waals surface area contributed by atoms with Gasteiger partial charge in [-0.15, -0.1) is 0 Å². The van der Waals surface area contributed by atoms with Crippen LogP contribution in [-0.4, -0.2) is 27.7 Å². The molecule has 0 amide bonds. The molecule has 6 nitrogen and oxygen atoms in total. The number of hydrogen-bond donors (Lipinski definition) is 4. The van der Waals surface area contributed by atoms with E-state index in [-0.39, 0.29) is 6.10 Å². The van der Waals surface area contributed by atoms with Crippen LogP contribution in [0.1, 0.15) is 30.7 Å². The Kier molecular flexibility index (Phi) is 3.98. The molecule has 1 aromatic heterocycles. The third-order valence-corrected chi connectivity index (χ3v) is 3.47. The number of nitrogen functional groups attached to an aromatic ring is 1. The molecule has 6 heteroatoms. The highest BCUT2D eigenvalue weighted by molar-refractivity contribution is 5.56. The third kappa shape index (κ3) is 2.88. The molecule has 0 aliphatic heterocycles. The van der Waals surface area contributed by atoms with Crippen LogP contribution in [0.5, 0.6) is 0 Å². The summed E-state index contributed by atoms with van der Waals surface area (Å²) >= 11 is 0. The molecule has 1 aliphatic rings. The molecule has 0 bridgehead atoms. The second kappa shape index (κ2) is 5.49. The molecule has 1 aromatic rings. The summed E-state index contributed by atoms with van der Waals surface area (Å²) < 4.78 is 0. The van der Waals surface area contributed by atoms with Gasteiger partial charge in [-0.2, -0.15) is 0 Å². The van der Waals surface area contributed by atoms with Crippen molar-refractivity contribution in [1.82, 2.24) is 9.97 Å². The molecule has 18 heavy (non-hydrogen) atoms. The highest BCUT2D eigenvalue weighted by atomic mass is 16.3. The lowest BCUT2D eigenvalue weighted by molar-refractivity contribution is 0.178. The summed E-state index contributed by atoms with van der Waals surface area (Å²) in [6.45, 7) is 4.60. The summed E-state index contributed by atoms with van der Waals surface area (Å²) in [4.78, 5) is 8.60. The van der Waals surface area contributed by atoms with Gasteiger partial charge in [0.15, 0.2) is 0 Å². The Morgan fingerprint density at radius 2 is 2.00 bits per heavy atom. The maximum absolute atomic E-state index is 9.50. The average molecular weight is 251 g/mol. The molecular formula is C12H21N5O. The Morgan fingerprint density at radius 1 is 1.28 bits per heavy atom. The van der Waals surface area contributed by atoms with E-state index in [9.17, 15) is 5.11 Å². The number of anilines is 2. The van der Waals surface area contributed by atoms with Gasteiger partial charge < -0.3 is 15.8 Å². The van der Waals surface area contributed by atoms with Crippen LogP contribution in [0.15, 0.2) is 0 Å². The SMILES string of the molecule is Cc1nc(NN)c(C)c(NCC2CCC(O)C2)n1. The number of aryl methyl sites for hydroxylation is 1. The fourth-order valence-corrected chi connectivity index (χ4v) is 2.42. The molecule has 100 valence electrons. The summed E-state index contributed by atoms with van der Waals surface area (Å²) in [7, 11) is 0. The van der Waals surface area contributed by atoms with Crippen LogP contribution in [0.25, 0.3) is 0 Å². The number of nitrogens with zero attached hydrogens (tertiary/aromatic N) is 2. The minimum atomic E-state index is -0.133. The van der Waals surface area contributed by atoms with E-state index in [0.717, 1.165) is 37.2 Å². The predicted octanol–water partition coefficient (Wildman–Crippen LogP) is 0.952. The van der Waals surface area contributed by atoms with Crippen molar-refractivity contribution in [1.29, 1.82) is 0 Å². The lowest BCUT2D eigenvalue weighted by Crippen LogP contribution is -2.17. The average Bonchev–Trinajstić information content (AvgIpc) is 2.75. The van der Waals surface area contributed by atoms with Crippen molar-refractivity contribution in [2.24, 2.45) is 11.8 Å². The zero-order valence-electron chi connectivity index (χ0n) is 10.9. The highest BCUT2D eigenvalue weighted by Crippen LogP contribution is 2.26. The first-order chi connectivity index (χ1) is 8.60. The van der Waals surface area contributed by atoms with E-state index < -0.39 is 0 Å². The Morgan fingerprint density at radius 3 is 2.61 bits per heavy atom. The largest absolute Gasteiger partial charge is 0.393 e. The molecule has 0 radical (unpaired) electrons. The van der Waals surface area contributed by atoms with Gasteiger partial charge in [-0.1, -0.05) is 0 Å². The topological polar surface area (TPSA) is 96.1 Å². The van der Waals surface area contributed by atoms with Crippen LogP contribution < -0.4 is 16.6 Å². The first kappa shape index (κ1) is 13.0. The van der Waals surface area contributed by atoms with E-state index in [1.807, 2.05) is 13.8 Å². The number of hydrogen-bond acceptors (Lipinski definition) is 6. The first-order valence-electron chi connectivity index (χ1n) is 6.34. The van der Waals surface area contributed by atoms with E-state index in [1.165, 1.54) is 0 Å². The lowest BCUT2D eigenvalue weighted by Gasteiger charge is -2.15. The molecule has 1 saturated carbocycles. The quantitative estimate of drug-likeness (QED) is 0.470. The van der Waals surface area contributed by atoms with E-state index in [4.69, 9.17) is 5.84 Å². The number of nitrogens with two attached hydrogens (primary N) is 1. The van der Waals surface area contributed by atoms with Crippen molar-refractivity contribution in [2.75, 3.05) is 17.3 Å². The predicted molar refractivity (Wildman–Crippen MR) is 71.2 cm³/mol. The molecule has 1 fully saturated rings. The Labute approximate surface area is 107 Å². The maximum atomic E-state index is 9.50. The van der Waals surface area contributed by atoms with Gasteiger partial charge in [-0.05, 0) is 39.0 Å². The van der Waals surface area contributed by atoms with Gasteiger partial charge >= 0.3 is 0 Å². The first-order valence-corrected chi connectivity index (χ1v) is 6.34. The summed E-state index contributed by atoms with van der Waals surface area (Å²) in [5.41, 5.74) is 3.50. The molecule has 2 atom stereocenters. The van der Waals surface area contributed by atoms with Crippen molar-refractivity contribution in [2.45, 2.75) is 39.2 Å². The van der Waals surface area contributed by atoms with Gasteiger partial charge in [0.25, 0.3) is 0 Å². The van der Waals surface area contributed by atoms with Crippen molar-refractivity contribution < 1.29 is 5.11 Å². The van der Waals surface area contributed by atoms with Crippen molar-refractivity contribution in [3.8, 4) is 0 Å². The third-order valence-electron chi connectivity index (χ3n) is 3.47. The van der Waals surface area contributed by atoms with Crippen LogP contribution in [0, 0.1) is 19.8 Å². The summed E-state index contributed by atoms with van der Waals surface area (Å²) in [6, 6.07) is 0. The Balaban J connectivity index is 2.02. The fourth-order valence-electron chi connectivity index (χ4n) is 2.42. The molecule has 1 heterocycles. The standard InChI is InChI=1S/C12H21N5O/c1-7-11(15-8(2)16-12(7)17-13)14-6-9-3-4-10(18)5-9/h9-10,18H,3-6,13H2,1-2H3,(H2,14,15,16,17). The van der Waals surface area contributed by atoms with Crippen LogP contribution in [0.2, 0.25) is 0 Å². The number of aromatic nitrogens is 2. The van der Waals surface area contributed by atoms with E-state index in [0.29, 0.717) is 17.6 Å². The second-order valence-electron chi connectivity index (χ2n) is 4.95. The number of nitrogens with one attached hydrogen (secondary N) is 2. The zero-order valence-corrected chi connectivity index (χ0v) is 10.9. The summed E-state index contributed by atoms with van der Waals surface area (Å²) in [5.74, 6) is 8.09. The zero-order chi connectivity index (χ0) is 13.1. The summed E-state index contributed by atoms with van der Waals surface area (Å²) in [6.07, 6.45) is 2.72. The van der Waals surface area contributed by atoms with Gasteiger partial charge in [-0.3, -0.25) is 0 Å². The van der Waals surface area contributed by atoms with Crippen molar-refractivity contribution >= 4 is 11.6 Å². The molecule has 2 unspecified atom stereocenters. The van der Waals surface area contributed by atoms with E-state index >= 15 is 0 Å². The fraction of sp³-hybridized carbons (Fsp3) is 0.667. The van der Waals surface area contributed by atoms with Crippen LogP contribution in [0.4, 0.5) is 11.6 Å². The Hall–Kier alpha value is -1.40. The molecule has 0 aromatic carbocycles. The Bertz CT molecular complexity index is 423. The number of aliphatic hydroxyl groups excluding tert-OH is 1. The smallest absolute Gasteiger partial charge is 0.148 e. The summed E-state index contributed by atoms with van der Waals surface area (Å²) in [5, 5.41) is 12.8. The van der Waals surface area contributed by atoms with Crippen LogP contribution >= 0.6 is 0 Å². The highest BCUT2D eigenvalue weighted by Gasteiger charge is 2.22. The van der Waals surface area contributed by atoms with Crippen LogP contribution in [0.3, 0.4) is 0 Å². The number of hydrazine groups is 1. The molecule has 0 saturated heterocycles. The second-order valence-corrected chi connectivity index (χ2v) is 4.95. The van der Waals surface area contributed by atoms with Crippen molar-refractivity contribution in [3.05, 3.63) is 11.4 Å². The molecular weight excluding hydrogens is 230 g/mol. The molecule has 5 N–H and O–H groups in total. The van der Waals surface area contributed by atoms with Crippen LogP contribution in [-0.2, 0) is 0 Å². The molecule has 2 rings (SSSR count). The molecule has 1 aliphatic carbocycles. The lowest BCUT2D eigenvalue weighted by atomic mass is 10.1. The van der Waals surface area contributed by atoms with E-state index in [1.54, 1.807) is 0 Å². The molecule has 0 spiro atoms. The van der Waals surface area contributed by atoms with Crippen molar-refractivity contribution in [3.63, 3.8) is 0 Å². The van der Waals surface area contributed by atoms with Gasteiger partial charge in [0, 0.05) is 12.1 Å². The monoisotopic (exact) mass is 251 g/mol. The minimum Gasteiger partial charge on any atom is -0.393 e.